The molecule has 0 fully saturated rings. The second-order valence-electron chi connectivity index (χ2n) is 4.34. The fourth-order valence-corrected chi connectivity index (χ4v) is 2.07. The molecule has 126 valence electrons. The summed E-state index contributed by atoms with van der Waals surface area (Å²) in [6.45, 7) is 1.28. The van der Waals surface area contributed by atoms with Gasteiger partial charge in [-0.1, -0.05) is 34.8 Å². The van der Waals surface area contributed by atoms with E-state index in [1.165, 1.54) is 14.0 Å². The molecule has 0 aromatic heterocycles. The highest BCUT2D eigenvalue weighted by Gasteiger charge is 2.33. The molecular formula is C13H14Cl3N3O3S. The first-order valence-corrected chi connectivity index (χ1v) is 7.77. The standard InChI is InChI=1S/C13H14Cl3N3O3S/c1-7(20)17-11(13(14,15)16)19-12(23)18-9-5-3-8(4-6-9)10(21)22-2/h3-6,11H,1-2H3,(H,17,20)(H2,18,19,23)/t11-/m0/s1. The minimum Gasteiger partial charge on any atom is -0.465 e. The van der Waals surface area contributed by atoms with E-state index >= 15 is 0 Å². The topological polar surface area (TPSA) is 79.5 Å². The summed E-state index contributed by atoms with van der Waals surface area (Å²) < 4.78 is 2.80. The summed E-state index contributed by atoms with van der Waals surface area (Å²) in [5.41, 5.74) is 0.996. The molecule has 0 saturated heterocycles. The SMILES string of the molecule is COC(=O)c1ccc(NC(=S)N[C@H](NC(C)=O)C(Cl)(Cl)Cl)cc1. The number of benzene rings is 1. The normalized spacial score (nSPS) is 12.0. The molecule has 0 aliphatic carbocycles. The molecule has 0 aliphatic rings. The Labute approximate surface area is 153 Å². The summed E-state index contributed by atoms with van der Waals surface area (Å²) in [6.07, 6.45) is -1.01. The number of carbonyl (C=O) groups excluding carboxylic acids is 2. The molecule has 1 rings (SSSR count). The van der Waals surface area contributed by atoms with Crippen molar-refractivity contribution in [1.82, 2.24) is 10.6 Å². The number of alkyl halides is 3. The zero-order chi connectivity index (χ0) is 17.6. The van der Waals surface area contributed by atoms with Gasteiger partial charge in [0.2, 0.25) is 9.70 Å². The Morgan fingerprint density at radius 1 is 1.17 bits per heavy atom. The highest BCUT2D eigenvalue weighted by Crippen LogP contribution is 2.29. The van der Waals surface area contributed by atoms with Crippen molar-refractivity contribution in [2.75, 3.05) is 12.4 Å². The first-order chi connectivity index (χ1) is 10.6. The van der Waals surface area contributed by atoms with Gasteiger partial charge in [-0.05, 0) is 36.5 Å². The maximum atomic E-state index is 11.3. The largest absolute Gasteiger partial charge is 0.465 e. The van der Waals surface area contributed by atoms with Crippen LogP contribution in [0.3, 0.4) is 0 Å². The Balaban J connectivity index is 2.71. The van der Waals surface area contributed by atoms with Gasteiger partial charge >= 0.3 is 5.97 Å². The van der Waals surface area contributed by atoms with E-state index in [-0.39, 0.29) is 11.0 Å². The highest BCUT2D eigenvalue weighted by atomic mass is 35.6. The molecule has 0 bridgehead atoms. The second kappa shape index (κ2) is 8.54. The van der Waals surface area contributed by atoms with E-state index in [0.717, 1.165) is 0 Å². The minimum atomic E-state index is -1.80. The predicted octanol–water partition coefficient (Wildman–Crippen LogP) is 2.59. The molecule has 0 unspecified atom stereocenters. The smallest absolute Gasteiger partial charge is 0.337 e. The van der Waals surface area contributed by atoms with E-state index in [4.69, 9.17) is 47.0 Å². The average molecular weight is 399 g/mol. The van der Waals surface area contributed by atoms with Gasteiger partial charge in [0.15, 0.2) is 5.11 Å². The molecule has 0 heterocycles. The van der Waals surface area contributed by atoms with Gasteiger partial charge in [-0.3, -0.25) is 4.79 Å². The lowest BCUT2D eigenvalue weighted by atomic mass is 10.2. The van der Waals surface area contributed by atoms with Crippen LogP contribution in [-0.4, -0.2) is 34.1 Å². The molecule has 10 heteroatoms. The van der Waals surface area contributed by atoms with Crippen molar-refractivity contribution in [1.29, 1.82) is 0 Å². The van der Waals surface area contributed by atoms with Crippen LogP contribution in [0.1, 0.15) is 17.3 Å². The summed E-state index contributed by atoms with van der Waals surface area (Å²) >= 11 is 22.4. The number of hydrogen-bond donors (Lipinski definition) is 3. The van der Waals surface area contributed by atoms with Gasteiger partial charge in [0.1, 0.15) is 6.17 Å². The fourth-order valence-electron chi connectivity index (χ4n) is 1.51. The number of ether oxygens (including phenoxy) is 1. The summed E-state index contributed by atoms with van der Waals surface area (Å²) in [5.74, 6) is -0.835. The van der Waals surface area contributed by atoms with Gasteiger partial charge in [-0.15, -0.1) is 0 Å². The van der Waals surface area contributed by atoms with Gasteiger partial charge in [0.25, 0.3) is 0 Å². The predicted molar refractivity (Wildman–Crippen MR) is 95.0 cm³/mol. The number of nitrogens with one attached hydrogen (secondary N) is 3. The molecule has 0 spiro atoms. The number of esters is 1. The lowest BCUT2D eigenvalue weighted by Gasteiger charge is -2.27. The molecule has 1 aromatic rings. The van der Waals surface area contributed by atoms with Crippen LogP contribution in [0.25, 0.3) is 0 Å². The first kappa shape index (κ1) is 19.8. The van der Waals surface area contributed by atoms with E-state index in [0.29, 0.717) is 11.3 Å². The lowest BCUT2D eigenvalue weighted by molar-refractivity contribution is -0.119. The summed E-state index contributed by atoms with van der Waals surface area (Å²) in [4.78, 5) is 22.5. The van der Waals surface area contributed by atoms with E-state index in [2.05, 4.69) is 20.7 Å². The van der Waals surface area contributed by atoms with Crippen LogP contribution in [0.2, 0.25) is 0 Å². The molecule has 23 heavy (non-hydrogen) atoms. The van der Waals surface area contributed by atoms with Crippen LogP contribution < -0.4 is 16.0 Å². The van der Waals surface area contributed by atoms with Crippen molar-refractivity contribution in [3.63, 3.8) is 0 Å². The summed E-state index contributed by atoms with van der Waals surface area (Å²) in [6, 6.07) is 6.39. The third kappa shape index (κ3) is 6.78. The van der Waals surface area contributed by atoms with Crippen molar-refractivity contribution in [2.24, 2.45) is 0 Å². The van der Waals surface area contributed by atoms with Crippen molar-refractivity contribution >= 4 is 69.7 Å². The Bertz CT molecular complexity index is 590. The Morgan fingerprint density at radius 3 is 2.17 bits per heavy atom. The molecule has 1 atom stereocenters. The number of carbonyl (C=O) groups is 2. The van der Waals surface area contributed by atoms with Crippen LogP contribution in [0, 0.1) is 0 Å². The summed E-state index contributed by atoms with van der Waals surface area (Å²) in [5, 5.41) is 8.09. The maximum absolute atomic E-state index is 11.3. The number of thiocarbonyl (C=S) groups is 1. The molecule has 0 radical (unpaired) electrons. The average Bonchev–Trinajstić information content (AvgIpc) is 2.45. The van der Waals surface area contributed by atoms with Gasteiger partial charge in [0.05, 0.1) is 12.7 Å². The minimum absolute atomic E-state index is 0.126. The maximum Gasteiger partial charge on any atom is 0.337 e. The van der Waals surface area contributed by atoms with Gasteiger partial charge in [-0.2, -0.15) is 0 Å². The molecule has 1 amide bonds. The van der Waals surface area contributed by atoms with E-state index in [1.54, 1.807) is 24.3 Å². The molecule has 0 saturated carbocycles. The van der Waals surface area contributed by atoms with Crippen LogP contribution >= 0.6 is 47.0 Å². The van der Waals surface area contributed by atoms with E-state index in [9.17, 15) is 9.59 Å². The zero-order valence-electron chi connectivity index (χ0n) is 12.2. The second-order valence-corrected chi connectivity index (χ2v) is 7.12. The van der Waals surface area contributed by atoms with E-state index in [1.807, 2.05) is 0 Å². The molecule has 6 nitrogen and oxygen atoms in total. The number of anilines is 1. The zero-order valence-corrected chi connectivity index (χ0v) is 15.2. The third-order valence-electron chi connectivity index (χ3n) is 2.51. The fraction of sp³-hybridized carbons (Fsp3) is 0.308. The highest BCUT2D eigenvalue weighted by molar-refractivity contribution is 7.80. The number of rotatable bonds is 4. The van der Waals surface area contributed by atoms with Crippen LogP contribution in [-0.2, 0) is 9.53 Å². The lowest BCUT2D eigenvalue weighted by Crippen LogP contribution is -2.55. The van der Waals surface area contributed by atoms with Crippen molar-refractivity contribution in [3.05, 3.63) is 29.8 Å². The number of amides is 1. The van der Waals surface area contributed by atoms with Crippen molar-refractivity contribution in [3.8, 4) is 0 Å². The third-order valence-corrected chi connectivity index (χ3v) is 3.39. The number of methoxy groups -OCH3 is 1. The van der Waals surface area contributed by atoms with Crippen LogP contribution in [0.5, 0.6) is 0 Å². The van der Waals surface area contributed by atoms with Crippen molar-refractivity contribution < 1.29 is 14.3 Å². The monoisotopic (exact) mass is 397 g/mol. The molecule has 3 N–H and O–H groups in total. The Hall–Kier alpha value is -1.28. The molecular weight excluding hydrogens is 385 g/mol. The van der Waals surface area contributed by atoms with Crippen LogP contribution in [0.4, 0.5) is 5.69 Å². The van der Waals surface area contributed by atoms with Gasteiger partial charge < -0.3 is 20.7 Å². The number of halogens is 3. The molecule has 0 aliphatic heterocycles. The van der Waals surface area contributed by atoms with E-state index < -0.39 is 15.9 Å². The Kier molecular flexibility index (Phi) is 7.34. The van der Waals surface area contributed by atoms with Crippen molar-refractivity contribution in [2.45, 2.75) is 16.9 Å². The Morgan fingerprint density at radius 2 is 1.74 bits per heavy atom. The van der Waals surface area contributed by atoms with Gasteiger partial charge in [-0.25, -0.2) is 4.79 Å². The molecule has 1 aromatic carbocycles. The first-order valence-electron chi connectivity index (χ1n) is 6.23. The van der Waals surface area contributed by atoms with Crippen LogP contribution in [0.15, 0.2) is 24.3 Å². The number of hydrogen-bond acceptors (Lipinski definition) is 4. The quantitative estimate of drug-likeness (QED) is 0.313. The van der Waals surface area contributed by atoms with Gasteiger partial charge in [0, 0.05) is 12.6 Å². The summed E-state index contributed by atoms with van der Waals surface area (Å²) in [7, 11) is 1.30.